The van der Waals surface area contributed by atoms with Crippen molar-refractivity contribution in [1.82, 2.24) is 15.5 Å². The van der Waals surface area contributed by atoms with E-state index in [0.29, 0.717) is 12.1 Å². The lowest BCUT2D eigenvalue weighted by Crippen LogP contribution is -2.38. The molecule has 0 atom stereocenters. The second-order valence-corrected chi connectivity index (χ2v) is 6.17. The van der Waals surface area contributed by atoms with Gasteiger partial charge in [-0.2, -0.15) is 0 Å². The molecule has 1 aromatic heterocycles. The number of nitrogens with zero attached hydrogens (tertiary/aromatic N) is 2. The predicted octanol–water partition coefficient (Wildman–Crippen LogP) is 2.94. The predicted molar refractivity (Wildman–Crippen MR) is 120 cm³/mol. The summed E-state index contributed by atoms with van der Waals surface area (Å²) in [5.41, 5.74) is 1.84. The summed E-state index contributed by atoms with van der Waals surface area (Å²) in [6.07, 6.45) is 3.27. The van der Waals surface area contributed by atoms with Gasteiger partial charge in [0.25, 0.3) is 5.91 Å². The van der Waals surface area contributed by atoms with Gasteiger partial charge in [-0.1, -0.05) is 12.1 Å². The van der Waals surface area contributed by atoms with Gasteiger partial charge in [-0.3, -0.25) is 9.79 Å². The molecule has 2 N–H and O–H groups in total. The van der Waals surface area contributed by atoms with Crippen LogP contribution in [0.4, 0.5) is 0 Å². The summed E-state index contributed by atoms with van der Waals surface area (Å²) in [7, 11) is 3.52. The van der Waals surface area contributed by atoms with Crippen molar-refractivity contribution in [2.75, 3.05) is 33.7 Å². The summed E-state index contributed by atoms with van der Waals surface area (Å²) >= 11 is 0. The zero-order chi connectivity index (χ0) is 18.8. The topological polar surface area (TPSA) is 69.9 Å². The van der Waals surface area contributed by atoms with Crippen LogP contribution in [0, 0.1) is 0 Å². The van der Waals surface area contributed by atoms with Gasteiger partial charge in [0.15, 0.2) is 5.96 Å². The van der Waals surface area contributed by atoms with Crippen LogP contribution in [0.1, 0.15) is 28.6 Å². The van der Waals surface area contributed by atoms with E-state index in [1.165, 1.54) is 0 Å². The van der Waals surface area contributed by atoms with Crippen LogP contribution >= 0.6 is 24.0 Å². The third kappa shape index (κ3) is 8.03. The molecule has 0 saturated heterocycles. The lowest BCUT2D eigenvalue weighted by Gasteiger charge is -2.13. The molecule has 0 spiro atoms. The van der Waals surface area contributed by atoms with Crippen LogP contribution in [-0.2, 0) is 12.8 Å². The Morgan fingerprint density at radius 1 is 1.15 bits per heavy atom. The fraction of sp³-hybridized carbons (Fsp3) is 0.400. The SMILES string of the molecule is CCNC(=NCCc1ccco1)NCCc1cccc(C(=O)N(C)C)c1.I. The zero-order valence-electron chi connectivity index (χ0n) is 16.2. The van der Waals surface area contributed by atoms with Crippen LogP contribution in [0.3, 0.4) is 0 Å². The van der Waals surface area contributed by atoms with E-state index >= 15 is 0 Å². The number of carbonyl (C=O) groups is 1. The largest absolute Gasteiger partial charge is 0.469 e. The average Bonchev–Trinajstić information content (AvgIpc) is 3.14. The molecule has 0 aliphatic rings. The molecule has 148 valence electrons. The monoisotopic (exact) mass is 484 g/mol. The molecule has 0 radical (unpaired) electrons. The minimum atomic E-state index is 0. The van der Waals surface area contributed by atoms with Gasteiger partial charge in [-0.25, -0.2) is 0 Å². The number of benzene rings is 1. The number of carbonyl (C=O) groups excluding carboxylic acids is 1. The van der Waals surface area contributed by atoms with Gasteiger partial charge < -0.3 is 20.0 Å². The van der Waals surface area contributed by atoms with Gasteiger partial charge in [-0.05, 0) is 43.2 Å². The van der Waals surface area contributed by atoms with Gasteiger partial charge in [-0.15, -0.1) is 24.0 Å². The highest BCUT2D eigenvalue weighted by molar-refractivity contribution is 14.0. The van der Waals surface area contributed by atoms with Gasteiger partial charge >= 0.3 is 0 Å². The van der Waals surface area contributed by atoms with Gasteiger partial charge in [0.05, 0.1) is 6.26 Å². The fourth-order valence-electron chi connectivity index (χ4n) is 2.52. The van der Waals surface area contributed by atoms with Crippen LogP contribution in [0.2, 0.25) is 0 Å². The van der Waals surface area contributed by atoms with Crippen LogP contribution in [0.25, 0.3) is 0 Å². The van der Waals surface area contributed by atoms with Crippen LogP contribution in [-0.4, -0.2) is 50.5 Å². The lowest BCUT2D eigenvalue weighted by molar-refractivity contribution is 0.0827. The average molecular weight is 484 g/mol. The number of rotatable bonds is 8. The molecule has 27 heavy (non-hydrogen) atoms. The normalized spacial score (nSPS) is 10.9. The summed E-state index contributed by atoms with van der Waals surface area (Å²) < 4.78 is 5.32. The Kier molecular flexibility index (Phi) is 10.5. The summed E-state index contributed by atoms with van der Waals surface area (Å²) in [4.78, 5) is 18.2. The molecule has 0 aliphatic heterocycles. The standard InChI is InChI=1S/C20H28N4O2.HI/c1-4-21-20(23-13-11-18-9-6-14-26-18)22-12-10-16-7-5-8-17(15-16)19(25)24(2)3;/h5-9,14-15H,4,10-13H2,1-3H3,(H2,21,22,23);1H. The van der Waals surface area contributed by atoms with Crippen molar-refractivity contribution in [3.05, 3.63) is 59.5 Å². The third-order valence-corrected chi connectivity index (χ3v) is 3.84. The van der Waals surface area contributed by atoms with Gasteiger partial charge in [0.1, 0.15) is 5.76 Å². The Bertz CT molecular complexity index is 715. The van der Waals surface area contributed by atoms with Crippen molar-refractivity contribution in [3.63, 3.8) is 0 Å². The zero-order valence-corrected chi connectivity index (χ0v) is 18.5. The molecule has 0 saturated carbocycles. The molecular weight excluding hydrogens is 455 g/mol. The fourth-order valence-corrected chi connectivity index (χ4v) is 2.52. The number of hydrogen-bond acceptors (Lipinski definition) is 3. The number of halogens is 1. The molecule has 0 aliphatic carbocycles. The number of furan rings is 1. The number of amides is 1. The second kappa shape index (κ2) is 12.4. The highest BCUT2D eigenvalue weighted by Crippen LogP contribution is 2.07. The first-order chi connectivity index (χ1) is 12.6. The maximum absolute atomic E-state index is 12.1. The Labute approximate surface area is 178 Å². The number of aliphatic imine (C=N–C) groups is 1. The van der Waals surface area contributed by atoms with Crippen molar-refractivity contribution >= 4 is 35.8 Å². The van der Waals surface area contributed by atoms with Crippen molar-refractivity contribution in [2.45, 2.75) is 19.8 Å². The van der Waals surface area contributed by atoms with Crippen LogP contribution < -0.4 is 10.6 Å². The first-order valence-electron chi connectivity index (χ1n) is 8.95. The molecule has 1 amide bonds. The summed E-state index contributed by atoms with van der Waals surface area (Å²) in [5.74, 6) is 1.75. The van der Waals surface area contributed by atoms with Gasteiger partial charge in [0, 0.05) is 45.7 Å². The van der Waals surface area contributed by atoms with E-state index < -0.39 is 0 Å². The van der Waals surface area contributed by atoms with Crippen molar-refractivity contribution in [2.24, 2.45) is 4.99 Å². The molecule has 0 fully saturated rings. The van der Waals surface area contributed by atoms with E-state index in [9.17, 15) is 4.79 Å². The number of nitrogens with one attached hydrogen (secondary N) is 2. The Hall–Kier alpha value is -2.03. The van der Waals surface area contributed by atoms with E-state index in [-0.39, 0.29) is 29.9 Å². The Balaban J connectivity index is 0.00000364. The summed E-state index contributed by atoms with van der Waals surface area (Å²) in [6, 6.07) is 11.6. The third-order valence-electron chi connectivity index (χ3n) is 3.84. The Morgan fingerprint density at radius 2 is 1.96 bits per heavy atom. The molecule has 2 rings (SSSR count). The maximum atomic E-state index is 12.1. The van der Waals surface area contributed by atoms with E-state index in [4.69, 9.17) is 4.42 Å². The van der Waals surface area contributed by atoms with Crippen LogP contribution in [0.15, 0.2) is 52.1 Å². The highest BCUT2D eigenvalue weighted by atomic mass is 127. The van der Waals surface area contributed by atoms with E-state index in [2.05, 4.69) is 15.6 Å². The van der Waals surface area contributed by atoms with Gasteiger partial charge in [0.2, 0.25) is 0 Å². The first kappa shape index (κ1) is 23.0. The molecule has 2 aromatic rings. The van der Waals surface area contributed by atoms with E-state index in [1.54, 1.807) is 25.3 Å². The molecule has 1 aromatic carbocycles. The van der Waals surface area contributed by atoms with Crippen molar-refractivity contribution in [1.29, 1.82) is 0 Å². The minimum Gasteiger partial charge on any atom is -0.469 e. The first-order valence-corrected chi connectivity index (χ1v) is 8.95. The molecule has 0 unspecified atom stereocenters. The highest BCUT2D eigenvalue weighted by Gasteiger charge is 2.08. The lowest BCUT2D eigenvalue weighted by atomic mass is 10.1. The van der Waals surface area contributed by atoms with E-state index in [0.717, 1.165) is 43.2 Å². The molecular formula is C20H29IN4O2. The summed E-state index contributed by atoms with van der Waals surface area (Å²) in [5, 5.41) is 6.57. The number of hydrogen-bond donors (Lipinski definition) is 2. The molecule has 1 heterocycles. The minimum absolute atomic E-state index is 0. The Morgan fingerprint density at radius 3 is 2.63 bits per heavy atom. The maximum Gasteiger partial charge on any atom is 0.253 e. The van der Waals surface area contributed by atoms with E-state index in [1.807, 2.05) is 43.3 Å². The van der Waals surface area contributed by atoms with Crippen molar-refractivity contribution in [3.8, 4) is 0 Å². The molecule has 6 nitrogen and oxygen atoms in total. The second-order valence-electron chi connectivity index (χ2n) is 6.17. The number of guanidine groups is 1. The quantitative estimate of drug-likeness (QED) is 0.344. The molecule has 0 bridgehead atoms. The van der Waals surface area contributed by atoms with Crippen molar-refractivity contribution < 1.29 is 9.21 Å². The molecule has 7 heteroatoms. The smallest absolute Gasteiger partial charge is 0.253 e. The van der Waals surface area contributed by atoms with Crippen LogP contribution in [0.5, 0.6) is 0 Å². The summed E-state index contributed by atoms with van der Waals surface area (Å²) in [6.45, 7) is 4.25.